The number of benzene rings is 1. The van der Waals surface area contributed by atoms with Crippen molar-refractivity contribution in [1.82, 2.24) is 9.80 Å². The lowest BCUT2D eigenvalue weighted by Crippen LogP contribution is -2.55. The molecule has 0 aromatic heterocycles. The van der Waals surface area contributed by atoms with E-state index in [0.29, 0.717) is 31.9 Å². The Morgan fingerprint density at radius 3 is 1.92 bits per heavy atom. The van der Waals surface area contributed by atoms with Gasteiger partial charge in [0, 0.05) is 58.6 Å². The normalized spacial score (nSPS) is 14.8. The van der Waals surface area contributed by atoms with E-state index in [1.165, 1.54) is 6.92 Å². The van der Waals surface area contributed by atoms with Crippen molar-refractivity contribution < 1.29 is 14.4 Å². The zero-order valence-electron chi connectivity index (χ0n) is 16.2. The number of piperazine rings is 1. The van der Waals surface area contributed by atoms with Gasteiger partial charge in [0.15, 0.2) is 0 Å². The molecule has 1 N–H and O–H groups in total. The number of amides is 3. The molecule has 0 unspecified atom stereocenters. The maximum Gasteiger partial charge on any atom is 0.239 e. The summed E-state index contributed by atoms with van der Waals surface area (Å²) in [6, 6.07) is 7.45. The third-order valence-electron chi connectivity index (χ3n) is 4.76. The molecule has 0 saturated carbocycles. The fourth-order valence-electron chi connectivity index (χ4n) is 2.85. The van der Waals surface area contributed by atoms with Crippen LogP contribution < -0.4 is 10.2 Å². The van der Waals surface area contributed by atoms with Gasteiger partial charge in [-0.15, -0.1) is 0 Å². The van der Waals surface area contributed by atoms with Gasteiger partial charge in [-0.05, 0) is 38.1 Å². The van der Waals surface area contributed by atoms with Gasteiger partial charge in [-0.2, -0.15) is 0 Å². The number of anilines is 2. The van der Waals surface area contributed by atoms with Gasteiger partial charge in [0.2, 0.25) is 17.7 Å². The minimum absolute atomic E-state index is 0.00951. The van der Waals surface area contributed by atoms with Crippen molar-refractivity contribution in [1.29, 1.82) is 0 Å². The van der Waals surface area contributed by atoms with Crippen molar-refractivity contribution in [3.63, 3.8) is 0 Å². The summed E-state index contributed by atoms with van der Waals surface area (Å²) in [6.45, 7) is 6.71. The molecule has 1 aromatic rings. The molecular formula is C19H28N4O3. The first-order valence-electron chi connectivity index (χ1n) is 8.76. The van der Waals surface area contributed by atoms with Gasteiger partial charge in [-0.25, -0.2) is 0 Å². The van der Waals surface area contributed by atoms with Crippen LogP contribution in [0.1, 0.15) is 20.8 Å². The van der Waals surface area contributed by atoms with Crippen LogP contribution in [0.4, 0.5) is 11.4 Å². The van der Waals surface area contributed by atoms with Crippen LogP contribution in [0, 0.1) is 5.41 Å². The Bertz CT molecular complexity index is 675. The number of rotatable bonds is 4. The van der Waals surface area contributed by atoms with Gasteiger partial charge in [-0.3, -0.25) is 14.4 Å². The molecular weight excluding hydrogens is 332 g/mol. The Hall–Kier alpha value is -2.57. The van der Waals surface area contributed by atoms with E-state index in [1.807, 2.05) is 43.3 Å². The predicted molar refractivity (Wildman–Crippen MR) is 102 cm³/mol. The molecule has 1 heterocycles. The Morgan fingerprint density at radius 2 is 1.46 bits per heavy atom. The van der Waals surface area contributed by atoms with E-state index < -0.39 is 5.41 Å². The highest BCUT2D eigenvalue weighted by Crippen LogP contribution is 2.24. The fourth-order valence-corrected chi connectivity index (χ4v) is 2.85. The minimum Gasteiger partial charge on any atom is -0.378 e. The van der Waals surface area contributed by atoms with Crippen LogP contribution >= 0.6 is 0 Å². The lowest BCUT2D eigenvalue weighted by atomic mass is 9.89. The maximum absolute atomic E-state index is 12.8. The third kappa shape index (κ3) is 4.33. The van der Waals surface area contributed by atoms with Gasteiger partial charge in [-0.1, -0.05) is 0 Å². The van der Waals surface area contributed by atoms with E-state index in [4.69, 9.17) is 0 Å². The monoisotopic (exact) mass is 360 g/mol. The summed E-state index contributed by atoms with van der Waals surface area (Å²) >= 11 is 0. The van der Waals surface area contributed by atoms with E-state index in [2.05, 4.69) is 5.32 Å². The smallest absolute Gasteiger partial charge is 0.239 e. The standard InChI is InChI=1S/C19H28N4O3/c1-14(24)22-10-12-23(13-11-22)18(26)19(2,3)17(25)20-15-6-8-16(9-7-15)21(4)5/h6-9H,10-13H2,1-5H3,(H,20,25). The summed E-state index contributed by atoms with van der Waals surface area (Å²) in [5, 5.41) is 2.83. The molecule has 0 spiro atoms. The number of hydrogen-bond acceptors (Lipinski definition) is 4. The quantitative estimate of drug-likeness (QED) is 0.824. The Balaban J connectivity index is 2.00. The Labute approximate surface area is 154 Å². The van der Waals surface area contributed by atoms with E-state index in [0.717, 1.165) is 5.69 Å². The van der Waals surface area contributed by atoms with Crippen molar-refractivity contribution in [2.75, 3.05) is 50.5 Å². The summed E-state index contributed by atoms with van der Waals surface area (Å²) < 4.78 is 0. The molecule has 142 valence electrons. The molecule has 1 aromatic carbocycles. The van der Waals surface area contributed by atoms with Crippen LogP contribution in [-0.2, 0) is 14.4 Å². The van der Waals surface area contributed by atoms with Crippen LogP contribution in [0.25, 0.3) is 0 Å². The van der Waals surface area contributed by atoms with Gasteiger partial charge >= 0.3 is 0 Å². The molecule has 0 bridgehead atoms. The van der Waals surface area contributed by atoms with Gasteiger partial charge < -0.3 is 20.0 Å². The van der Waals surface area contributed by atoms with Crippen molar-refractivity contribution in [2.24, 2.45) is 5.41 Å². The van der Waals surface area contributed by atoms with Crippen molar-refractivity contribution in [3.8, 4) is 0 Å². The van der Waals surface area contributed by atoms with E-state index in [1.54, 1.807) is 23.6 Å². The molecule has 1 aliphatic heterocycles. The first kappa shape index (κ1) is 19.8. The molecule has 0 radical (unpaired) electrons. The van der Waals surface area contributed by atoms with Crippen LogP contribution in [0.3, 0.4) is 0 Å². The SMILES string of the molecule is CC(=O)N1CCN(C(=O)C(C)(C)C(=O)Nc2ccc(N(C)C)cc2)CC1. The van der Waals surface area contributed by atoms with Crippen molar-refractivity contribution in [3.05, 3.63) is 24.3 Å². The highest BCUT2D eigenvalue weighted by Gasteiger charge is 2.40. The zero-order chi connectivity index (χ0) is 19.5. The zero-order valence-corrected chi connectivity index (χ0v) is 16.2. The second-order valence-electron chi connectivity index (χ2n) is 7.32. The van der Waals surface area contributed by atoms with Crippen LogP contribution in [0.15, 0.2) is 24.3 Å². The van der Waals surface area contributed by atoms with Gasteiger partial charge in [0.25, 0.3) is 0 Å². The summed E-state index contributed by atoms with van der Waals surface area (Å²) in [6.07, 6.45) is 0. The maximum atomic E-state index is 12.8. The van der Waals surface area contributed by atoms with Crippen molar-refractivity contribution in [2.45, 2.75) is 20.8 Å². The molecule has 7 nitrogen and oxygen atoms in total. The molecule has 0 atom stereocenters. The molecule has 1 fully saturated rings. The highest BCUT2D eigenvalue weighted by atomic mass is 16.2. The molecule has 3 amide bonds. The molecule has 2 rings (SSSR count). The van der Waals surface area contributed by atoms with E-state index in [-0.39, 0.29) is 17.7 Å². The lowest BCUT2D eigenvalue weighted by molar-refractivity contribution is -0.149. The number of nitrogens with zero attached hydrogens (tertiary/aromatic N) is 3. The summed E-state index contributed by atoms with van der Waals surface area (Å²) in [4.78, 5) is 42.3. The first-order chi connectivity index (χ1) is 12.1. The van der Waals surface area contributed by atoms with Gasteiger partial charge in [0.05, 0.1) is 0 Å². The second-order valence-corrected chi connectivity index (χ2v) is 7.32. The van der Waals surface area contributed by atoms with Gasteiger partial charge in [0.1, 0.15) is 5.41 Å². The average molecular weight is 360 g/mol. The minimum atomic E-state index is -1.18. The molecule has 1 aliphatic rings. The number of carbonyl (C=O) groups excluding carboxylic acids is 3. The van der Waals surface area contributed by atoms with Crippen LogP contribution in [0.5, 0.6) is 0 Å². The molecule has 26 heavy (non-hydrogen) atoms. The highest BCUT2D eigenvalue weighted by molar-refractivity contribution is 6.09. The third-order valence-corrected chi connectivity index (χ3v) is 4.76. The Kier molecular flexibility index (Phi) is 5.90. The summed E-state index contributed by atoms with van der Waals surface area (Å²) in [5.41, 5.74) is 0.503. The summed E-state index contributed by atoms with van der Waals surface area (Å²) in [5.74, 6) is -0.549. The molecule has 0 aliphatic carbocycles. The predicted octanol–water partition coefficient (Wildman–Crippen LogP) is 1.41. The number of carbonyl (C=O) groups is 3. The molecule has 1 saturated heterocycles. The Morgan fingerprint density at radius 1 is 0.962 bits per heavy atom. The number of nitrogens with one attached hydrogen (secondary N) is 1. The topological polar surface area (TPSA) is 73.0 Å². The van der Waals surface area contributed by atoms with Crippen LogP contribution in [0.2, 0.25) is 0 Å². The average Bonchev–Trinajstić information content (AvgIpc) is 2.61. The van der Waals surface area contributed by atoms with Crippen LogP contribution in [-0.4, -0.2) is 67.8 Å². The molecule has 7 heteroatoms. The second kappa shape index (κ2) is 7.76. The van der Waals surface area contributed by atoms with E-state index in [9.17, 15) is 14.4 Å². The van der Waals surface area contributed by atoms with E-state index >= 15 is 0 Å². The lowest BCUT2D eigenvalue weighted by Gasteiger charge is -2.37. The largest absolute Gasteiger partial charge is 0.378 e. The summed E-state index contributed by atoms with van der Waals surface area (Å²) in [7, 11) is 3.89. The number of hydrogen-bond donors (Lipinski definition) is 1. The fraction of sp³-hybridized carbons (Fsp3) is 0.526. The first-order valence-corrected chi connectivity index (χ1v) is 8.76. The van der Waals surface area contributed by atoms with Crippen molar-refractivity contribution >= 4 is 29.1 Å².